The molecule has 1 N–H and O–H groups in total. The molecule has 0 saturated heterocycles. The molecule has 188 valence electrons. The number of imidazole rings is 2. The second kappa shape index (κ2) is 9.86. The van der Waals surface area contributed by atoms with E-state index in [9.17, 15) is 4.79 Å². The minimum Gasteiger partial charge on any atom is -0.449 e. The number of hydrogen-bond donors (Lipinski definition) is 1. The van der Waals surface area contributed by atoms with Gasteiger partial charge in [0.15, 0.2) is 0 Å². The summed E-state index contributed by atoms with van der Waals surface area (Å²) in [5.41, 5.74) is 7.69. The molecule has 0 atom stereocenters. The molecule has 7 nitrogen and oxygen atoms in total. The predicted molar refractivity (Wildman–Crippen MR) is 148 cm³/mol. The third-order valence-corrected chi connectivity index (χ3v) is 6.65. The van der Waals surface area contributed by atoms with Crippen molar-refractivity contribution < 1.29 is 14.6 Å². The summed E-state index contributed by atoms with van der Waals surface area (Å²) in [6, 6.07) is 27.6. The Labute approximate surface area is 219 Å². The summed E-state index contributed by atoms with van der Waals surface area (Å²) in [6.07, 6.45) is 4.61. The molecule has 0 aliphatic rings. The Hall–Kier alpha value is -4.91. The number of carboxylic acid groups (broad SMARTS) is 1. The molecule has 0 unspecified atom stereocenters. The Balaban J connectivity index is 1.35. The molecule has 0 aliphatic carbocycles. The van der Waals surface area contributed by atoms with Gasteiger partial charge in [-0.3, -0.25) is 0 Å². The summed E-state index contributed by atoms with van der Waals surface area (Å²) in [7, 11) is 0. The zero-order valence-corrected chi connectivity index (χ0v) is 20.9. The van der Waals surface area contributed by atoms with E-state index in [0.29, 0.717) is 12.3 Å². The van der Waals surface area contributed by atoms with E-state index in [2.05, 4.69) is 48.0 Å². The van der Waals surface area contributed by atoms with Crippen LogP contribution in [0.15, 0.2) is 97.3 Å². The van der Waals surface area contributed by atoms with Crippen molar-refractivity contribution in [3.8, 4) is 28.1 Å². The fourth-order valence-corrected chi connectivity index (χ4v) is 4.86. The number of benzene rings is 3. The number of fused-ring (bicyclic) bond motifs is 2. The van der Waals surface area contributed by atoms with Gasteiger partial charge in [-0.2, -0.15) is 0 Å². The molecule has 0 fully saturated rings. The maximum absolute atomic E-state index is 11.1. The minimum atomic E-state index is -1.33. The fourth-order valence-electron chi connectivity index (χ4n) is 4.86. The van der Waals surface area contributed by atoms with E-state index >= 15 is 0 Å². The van der Waals surface area contributed by atoms with E-state index < -0.39 is 6.16 Å². The maximum Gasteiger partial charge on any atom is 0.511 e. The van der Waals surface area contributed by atoms with Gasteiger partial charge in [0, 0.05) is 36.5 Å². The Morgan fingerprint density at radius 3 is 2.50 bits per heavy atom. The summed E-state index contributed by atoms with van der Waals surface area (Å²) >= 11 is 0. The van der Waals surface area contributed by atoms with E-state index in [1.165, 1.54) is 0 Å². The minimum absolute atomic E-state index is 0.318. The lowest BCUT2D eigenvalue weighted by molar-refractivity contribution is 0.144. The number of para-hydroxylation sites is 1. The zero-order chi connectivity index (χ0) is 26.1. The van der Waals surface area contributed by atoms with Crippen molar-refractivity contribution in [3.05, 3.63) is 109 Å². The highest BCUT2D eigenvalue weighted by Crippen LogP contribution is 2.31. The Morgan fingerprint density at radius 2 is 1.71 bits per heavy atom. The monoisotopic (exact) mass is 502 g/mol. The SMILES string of the molecule is CCCc1nc2ccc(-c3cn4ccccc4n3)cc2n1Cc1ccc(-c2ccccc2OC(=O)O)cc1. The van der Waals surface area contributed by atoms with Gasteiger partial charge in [0.2, 0.25) is 0 Å². The Bertz CT molecular complexity index is 1730. The summed E-state index contributed by atoms with van der Waals surface area (Å²) in [5.74, 6) is 1.37. The first-order chi connectivity index (χ1) is 18.6. The lowest BCUT2D eigenvalue weighted by Crippen LogP contribution is -2.05. The molecule has 0 bridgehead atoms. The molecule has 0 spiro atoms. The lowest BCUT2D eigenvalue weighted by Gasteiger charge is -2.12. The number of nitrogens with zero attached hydrogens (tertiary/aromatic N) is 4. The molecule has 3 aromatic heterocycles. The summed E-state index contributed by atoms with van der Waals surface area (Å²) in [6.45, 7) is 2.84. The highest BCUT2D eigenvalue weighted by Gasteiger charge is 2.14. The van der Waals surface area contributed by atoms with Crippen LogP contribution in [-0.4, -0.2) is 30.2 Å². The van der Waals surface area contributed by atoms with Crippen molar-refractivity contribution in [1.29, 1.82) is 0 Å². The molecule has 0 amide bonds. The van der Waals surface area contributed by atoms with Crippen LogP contribution in [0, 0.1) is 0 Å². The smallest absolute Gasteiger partial charge is 0.449 e. The van der Waals surface area contributed by atoms with Gasteiger partial charge in [0.05, 0.1) is 16.7 Å². The summed E-state index contributed by atoms with van der Waals surface area (Å²) in [4.78, 5) is 20.8. The summed E-state index contributed by atoms with van der Waals surface area (Å²) < 4.78 is 9.29. The van der Waals surface area contributed by atoms with Crippen molar-refractivity contribution in [2.75, 3.05) is 0 Å². The average molecular weight is 503 g/mol. The highest BCUT2D eigenvalue weighted by molar-refractivity contribution is 5.82. The van der Waals surface area contributed by atoms with E-state index in [1.54, 1.807) is 12.1 Å². The predicted octanol–water partition coefficient (Wildman–Crippen LogP) is 7.08. The molecule has 38 heavy (non-hydrogen) atoms. The highest BCUT2D eigenvalue weighted by atomic mass is 16.7. The van der Waals surface area contributed by atoms with Gasteiger partial charge in [0.1, 0.15) is 17.2 Å². The summed E-state index contributed by atoms with van der Waals surface area (Å²) in [5, 5.41) is 9.08. The van der Waals surface area contributed by atoms with Crippen LogP contribution in [0.25, 0.3) is 39.1 Å². The van der Waals surface area contributed by atoms with E-state index in [1.807, 2.05) is 53.1 Å². The van der Waals surface area contributed by atoms with Crippen molar-refractivity contribution in [3.63, 3.8) is 0 Å². The van der Waals surface area contributed by atoms with Crippen molar-refractivity contribution in [1.82, 2.24) is 18.9 Å². The van der Waals surface area contributed by atoms with Crippen LogP contribution in [0.3, 0.4) is 0 Å². The number of aromatic nitrogens is 4. The molecule has 0 saturated carbocycles. The van der Waals surface area contributed by atoms with E-state index in [0.717, 1.165) is 63.3 Å². The van der Waals surface area contributed by atoms with Crippen LogP contribution in [-0.2, 0) is 13.0 Å². The van der Waals surface area contributed by atoms with Crippen LogP contribution in [0.5, 0.6) is 5.75 Å². The van der Waals surface area contributed by atoms with E-state index in [-0.39, 0.29) is 0 Å². The fraction of sp³-hybridized carbons (Fsp3) is 0.129. The molecule has 6 aromatic rings. The van der Waals surface area contributed by atoms with Crippen molar-refractivity contribution in [2.45, 2.75) is 26.3 Å². The van der Waals surface area contributed by atoms with Gasteiger partial charge in [-0.1, -0.05) is 61.5 Å². The van der Waals surface area contributed by atoms with Crippen LogP contribution < -0.4 is 4.74 Å². The molecular formula is C31H26N4O3. The molecule has 3 aromatic carbocycles. The van der Waals surface area contributed by atoms with Crippen LogP contribution in [0.2, 0.25) is 0 Å². The van der Waals surface area contributed by atoms with Gasteiger partial charge >= 0.3 is 6.16 Å². The van der Waals surface area contributed by atoms with Gasteiger partial charge in [-0.05, 0) is 47.9 Å². The topological polar surface area (TPSA) is 81.7 Å². The Morgan fingerprint density at radius 1 is 0.921 bits per heavy atom. The standard InChI is InChI=1S/C31H26N4O3/c1-2-7-30-32-25-16-15-23(26-20-34-17-6-5-10-29(34)33-26)18-27(25)35(30)19-21-11-13-22(14-12-21)24-8-3-4-9-28(24)38-31(36)37/h3-6,8-18,20H,2,7,19H2,1H3,(H,36,37). The second-order valence-electron chi connectivity index (χ2n) is 9.22. The number of carbonyl (C=O) groups is 1. The molecule has 0 aliphatic heterocycles. The van der Waals surface area contributed by atoms with Crippen LogP contribution >= 0.6 is 0 Å². The van der Waals surface area contributed by atoms with Gasteiger partial charge < -0.3 is 18.8 Å². The van der Waals surface area contributed by atoms with Crippen molar-refractivity contribution in [2.24, 2.45) is 0 Å². The Kier molecular flexibility index (Phi) is 6.09. The third-order valence-electron chi connectivity index (χ3n) is 6.65. The van der Waals surface area contributed by atoms with Crippen LogP contribution in [0.4, 0.5) is 4.79 Å². The maximum atomic E-state index is 11.1. The quantitative estimate of drug-likeness (QED) is 0.186. The van der Waals surface area contributed by atoms with Gasteiger partial charge in [0.25, 0.3) is 0 Å². The number of ether oxygens (including phenoxy) is 1. The second-order valence-corrected chi connectivity index (χ2v) is 9.22. The number of hydrogen-bond acceptors (Lipinski definition) is 4. The van der Waals surface area contributed by atoms with Gasteiger partial charge in [-0.15, -0.1) is 0 Å². The zero-order valence-electron chi connectivity index (χ0n) is 20.9. The average Bonchev–Trinajstić information content (AvgIpc) is 3.51. The number of rotatable bonds is 7. The number of aryl methyl sites for hydroxylation is 1. The number of pyridine rings is 1. The molecular weight excluding hydrogens is 476 g/mol. The molecule has 0 radical (unpaired) electrons. The first kappa shape index (κ1) is 23.5. The first-order valence-electron chi connectivity index (χ1n) is 12.6. The van der Waals surface area contributed by atoms with Crippen molar-refractivity contribution >= 4 is 22.8 Å². The first-order valence-corrected chi connectivity index (χ1v) is 12.6. The third kappa shape index (κ3) is 4.50. The molecule has 7 heteroatoms. The largest absolute Gasteiger partial charge is 0.511 e. The normalized spacial score (nSPS) is 11.3. The van der Waals surface area contributed by atoms with Crippen LogP contribution in [0.1, 0.15) is 24.7 Å². The van der Waals surface area contributed by atoms with E-state index in [4.69, 9.17) is 19.8 Å². The van der Waals surface area contributed by atoms with Gasteiger partial charge in [-0.25, -0.2) is 14.8 Å². The lowest BCUT2D eigenvalue weighted by atomic mass is 10.0. The molecule has 6 rings (SSSR count). The molecule has 3 heterocycles.